The third kappa shape index (κ3) is 10.4. The van der Waals surface area contributed by atoms with Crippen molar-refractivity contribution < 1.29 is 69.7 Å². The second-order valence-electron chi connectivity index (χ2n) is 15.5. The van der Waals surface area contributed by atoms with Crippen LogP contribution in [-0.2, 0) is 55.0 Å². The normalized spacial score (nSPS) is 32.7. The molecule has 8 unspecified atom stereocenters. The molecule has 61 heavy (non-hydrogen) atoms. The molecule has 1 saturated carbocycles. The average Bonchev–Trinajstić information content (AvgIpc) is 4.05. The van der Waals surface area contributed by atoms with Crippen molar-refractivity contribution in [2.45, 2.75) is 88.4 Å². The Kier molecular flexibility index (Phi) is 12.9. The van der Waals surface area contributed by atoms with Crippen LogP contribution in [-0.4, -0.2) is 107 Å². The molecule has 13 atom stereocenters. The van der Waals surface area contributed by atoms with Gasteiger partial charge in [-0.05, 0) is 50.4 Å². The Bertz CT molecular complexity index is 2450. The Hall–Kier alpha value is -3.22. The molecule has 4 fully saturated rings. The Morgan fingerprint density at radius 2 is 1.46 bits per heavy atom. The number of aromatic nitrogens is 6. The summed E-state index contributed by atoms with van der Waals surface area (Å²) >= 11 is 0. The van der Waals surface area contributed by atoms with Gasteiger partial charge in [-0.3, -0.25) is 55.8 Å². The molecule has 3 saturated heterocycles. The van der Waals surface area contributed by atoms with Gasteiger partial charge >= 0.3 is 29.2 Å². The number of aromatic amines is 2. The van der Waals surface area contributed by atoms with Crippen molar-refractivity contribution >= 4 is 40.6 Å². The van der Waals surface area contributed by atoms with Crippen molar-refractivity contribution in [3.05, 3.63) is 61.4 Å². The lowest BCUT2D eigenvalue weighted by atomic mass is 9.95. The molecule has 5 aliphatic rings. The maximum Gasteiger partial charge on any atom is 0.472 e. The molecule has 6 heterocycles. The second-order valence-corrected chi connectivity index (χ2v) is 19.8. The van der Waals surface area contributed by atoms with Crippen molar-refractivity contribution in [3.63, 3.8) is 0 Å². The van der Waals surface area contributed by atoms with Gasteiger partial charge in [-0.15, -0.1) is 0 Å². The number of allylic oxidation sites excluding steroid dienone is 2. The zero-order valence-corrected chi connectivity index (χ0v) is 35.2. The molecule has 2 bridgehead atoms. The molecule has 7 N–H and O–H groups in total. The number of fused-ring (bicyclic) bond motifs is 3. The highest BCUT2D eigenvalue weighted by Crippen LogP contribution is 2.53. The number of imidazole rings is 1. The highest BCUT2D eigenvalue weighted by Gasteiger charge is 2.47. The van der Waals surface area contributed by atoms with Crippen LogP contribution in [0.1, 0.15) is 56.5 Å². The van der Waals surface area contributed by atoms with Gasteiger partial charge in [0.2, 0.25) is 5.95 Å². The first-order chi connectivity index (χ1) is 28.9. The van der Waals surface area contributed by atoms with Gasteiger partial charge in [-0.25, -0.2) is 23.5 Å². The van der Waals surface area contributed by atoms with Crippen LogP contribution in [0.25, 0.3) is 11.2 Å². The summed E-state index contributed by atoms with van der Waals surface area (Å²) in [6.45, 7) is 0.121. The quantitative estimate of drug-likeness (QED) is 0.0780. The molecule has 2 aliphatic carbocycles. The van der Waals surface area contributed by atoms with Crippen LogP contribution in [0.5, 0.6) is 0 Å². The number of ether oxygens (including phenoxy) is 3. The summed E-state index contributed by atoms with van der Waals surface area (Å²) in [6.07, 6.45) is 0.958. The van der Waals surface area contributed by atoms with Crippen molar-refractivity contribution in [3.8, 4) is 0 Å². The average molecular weight is 922 g/mol. The van der Waals surface area contributed by atoms with Gasteiger partial charge in [0, 0.05) is 31.2 Å². The minimum atomic E-state index is -5.17. The van der Waals surface area contributed by atoms with E-state index in [1.807, 2.05) is 0 Å². The lowest BCUT2D eigenvalue weighted by Gasteiger charge is -2.25. The first kappa shape index (κ1) is 44.4. The van der Waals surface area contributed by atoms with Gasteiger partial charge in [0.1, 0.15) is 36.9 Å². The topological polar surface area (TPSA) is 339 Å². The van der Waals surface area contributed by atoms with E-state index in [4.69, 9.17) is 47.1 Å². The van der Waals surface area contributed by atoms with Crippen LogP contribution in [0.4, 0.5) is 5.95 Å². The molecule has 3 aromatic heterocycles. The first-order valence-corrected chi connectivity index (χ1v) is 24.0. The summed E-state index contributed by atoms with van der Waals surface area (Å²) in [6, 6.07) is 0. The van der Waals surface area contributed by atoms with Crippen molar-refractivity contribution in [2.24, 2.45) is 17.8 Å². The molecule has 25 nitrogen and oxygen atoms in total. The van der Waals surface area contributed by atoms with Gasteiger partial charge in [0.15, 0.2) is 11.2 Å². The zero-order chi connectivity index (χ0) is 43.3. The molecular formula is C33H46N7O18P3. The third-order valence-electron chi connectivity index (χ3n) is 11.2. The molecule has 8 rings (SSSR count). The predicted octanol–water partition coefficient (Wildman–Crippen LogP) is 1.66. The van der Waals surface area contributed by atoms with Crippen LogP contribution in [0.3, 0.4) is 0 Å². The van der Waals surface area contributed by atoms with E-state index in [1.54, 1.807) is 0 Å². The fourth-order valence-corrected chi connectivity index (χ4v) is 11.0. The van der Waals surface area contributed by atoms with E-state index in [0.717, 1.165) is 23.8 Å². The largest absolute Gasteiger partial charge is 0.472 e. The summed E-state index contributed by atoms with van der Waals surface area (Å²) in [5.41, 5.74) is 3.66. The van der Waals surface area contributed by atoms with Crippen LogP contribution >= 0.6 is 23.5 Å². The number of hydrogen-bond donors (Lipinski definition) is 6. The maximum atomic E-state index is 13.6. The summed E-state index contributed by atoms with van der Waals surface area (Å²) in [5.74, 6) is 0.426. The molecule has 0 amide bonds. The predicted molar refractivity (Wildman–Crippen MR) is 207 cm³/mol. The van der Waals surface area contributed by atoms with Gasteiger partial charge in [0.05, 0.1) is 38.9 Å². The summed E-state index contributed by atoms with van der Waals surface area (Å²) < 4.78 is 91.7. The summed E-state index contributed by atoms with van der Waals surface area (Å²) in [7, 11) is -14.7. The minimum Gasteiger partial charge on any atom is -0.376 e. The molecule has 0 radical (unpaired) electrons. The van der Waals surface area contributed by atoms with E-state index in [-0.39, 0.29) is 60.6 Å². The van der Waals surface area contributed by atoms with Crippen LogP contribution in [0.2, 0.25) is 0 Å². The number of phosphoric ester groups is 3. The van der Waals surface area contributed by atoms with E-state index in [0.29, 0.717) is 18.9 Å². The Labute approximate surface area is 345 Å². The Balaban J connectivity index is 0.966. The summed E-state index contributed by atoms with van der Waals surface area (Å²) in [5, 5.41) is 0. The SMILES string of the molecule is Cc1cn([C@H]2CC(OP(=O)(O)OC[C@H]3O[C@@H](n4cnc5c(=O)[nH]c(N)nc54)CC3OP(=O)(O)OC[C@@H]3CCCO3)[C@@H](COP(=O)(O)OCC3CC4C=CC3C4)O2)c(=O)[nH]c1=O. The Morgan fingerprint density at radius 3 is 2.08 bits per heavy atom. The number of phosphoric acid groups is 3. The van der Waals surface area contributed by atoms with E-state index in [2.05, 4.69) is 32.1 Å². The monoisotopic (exact) mass is 921 g/mol. The molecule has 28 heteroatoms. The second kappa shape index (κ2) is 17.7. The first-order valence-electron chi connectivity index (χ1n) is 19.5. The standard InChI is InChI=1S/C33H46N7O18P3/c1-17-11-39(33(43)38-30(17)41)26-9-22(24(55-26)14-53-59(44,45)51-12-20-8-18-4-5-19(20)7-18)58-61(48,49)54-15-25-23(57-60(46,47)52-13-21-3-2-6-50-21)10-27(56-25)40-16-35-28-29(40)36-32(34)37-31(28)42/h4-5,11,16,18-27H,2-3,6-10,12-15H2,1H3,(H,44,45)(H,46,47)(H,48,49)(H,38,41,43)(H3,34,36,37,42)/t18?,19?,20?,21-,22?,23?,24+,25+,26+,27+/m0/s1. The molecule has 3 aliphatic heterocycles. The molecule has 0 spiro atoms. The molecular weight excluding hydrogens is 875 g/mol. The number of H-pyrrole nitrogens is 2. The molecule has 336 valence electrons. The van der Waals surface area contributed by atoms with Crippen molar-refractivity contribution in [1.82, 2.24) is 29.1 Å². The molecule has 0 aromatic carbocycles. The fourth-order valence-electron chi connectivity index (χ4n) is 8.22. The highest BCUT2D eigenvalue weighted by atomic mass is 31.2. The van der Waals surface area contributed by atoms with E-state index in [9.17, 15) is 42.8 Å². The number of nitrogens with zero attached hydrogens (tertiary/aromatic N) is 4. The minimum absolute atomic E-state index is 0.00547. The smallest absolute Gasteiger partial charge is 0.376 e. The van der Waals surface area contributed by atoms with Gasteiger partial charge < -0.3 is 34.6 Å². The van der Waals surface area contributed by atoms with E-state index >= 15 is 0 Å². The van der Waals surface area contributed by atoms with Crippen LogP contribution < -0.4 is 22.5 Å². The van der Waals surface area contributed by atoms with Crippen LogP contribution in [0.15, 0.2) is 39.1 Å². The highest BCUT2D eigenvalue weighted by molar-refractivity contribution is 7.48. The van der Waals surface area contributed by atoms with Gasteiger partial charge in [-0.2, -0.15) is 4.98 Å². The maximum absolute atomic E-state index is 13.6. The fraction of sp³-hybridized carbons (Fsp3) is 0.667. The lowest BCUT2D eigenvalue weighted by molar-refractivity contribution is -0.0572. The molecule has 3 aromatic rings. The van der Waals surface area contributed by atoms with E-state index < -0.39 is 96.5 Å². The van der Waals surface area contributed by atoms with E-state index in [1.165, 1.54) is 24.0 Å². The van der Waals surface area contributed by atoms with Crippen LogP contribution in [0, 0.1) is 24.7 Å². The number of rotatable bonds is 18. The van der Waals surface area contributed by atoms with Gasteiger partial charge in [0.25, 0.3) is 11.1 Å². The Morgan fingerprint density at radius 1 is 0.820 bits per heavy atom. The number of nitrogens with two attached hydrogens (primary N) is 1. The zero-order valence-electron chi connectivity index (χ0n) is 32.5. The number of anilines is 1. The number of nitrogens with one attached hydrogen (secondary N) is 2. The summed E-state index contributed by atoms with van der Waals surface area (Å²) in [4.78, 5) is 82.2. The third-order valence-corrected chi connectivity index (χ3v) is 14.2. The number of hydrogen-bond acceptors (Lipinski definition) is 18. The van der Waals surface area contributed by atoms with Crippen molar-refractivity contribution in [1.29, 1.82) is 0 Å². The number of aryl methyl sites for hydroxylation is 1. The van der Waals surface area contributed by atoms with Gasteiger partial charge in [-0.1, -0.05) is 12.2 Å². The van der Waals surface area contributed by atoms with Crippen molar-refractivity contribution in [2.75, 3.05) is 38.8 Å². The lowest BCUT2D eigenvalue weighted by Crippen LogP contribution is -2.33. The number of nitrogen functional groups attached to an aromatic ring is 1.